The fraction of sp³-hybridized carbons (Fsp3) is 0.294. The molecule has 0 bridgehead atoms. The van der Waals surface area contributed by atoms with Crippen LogP contribution >= 0.6 is 0 Å². The van der Waals surface area contributed by atoms with Gasteiger partial charge in [-0.15, -0.1) is 0 Å². The zero-order valence-electron chi connectivity index (χ0n) is 13.9. The van der Waals surface area contributed by atoms with Crippen molar-refractivity contribution in [2.45, 2.75) is 19.8 Å². The van der Waals surface area contributed by atoms with E-state index < -0.39 is 0 Å². The Bertz CT molecular complexity index is 784. The molecule has 0 spiro atoms. The van der Waals surface area contributed by atoms with Crippen LogP contribution in [0, 0.1) is 11.3 Å². The largest absolute Gasteiger partial charge is 0.494 e. The van der Waals surface area contributed by atoms with Crippen molar-refractivity contribution in [3.05, 3.63) is 29.8 Å². The van der Waals surface area contributed by atoms with Crippen LogP contribution in [-0.2, 0) is 9.53 Å². The summed E-state index contributed by atoms with van der Waals surface area (Å²) in [5.41, 5.74) is 12.5. The number of nitrogens with two attached hydrogens (primary N) is 2. The number of aromatic nitrogens is 2. The molecule has 1 aromatic carbocycles. The van der Waals surface area contributed by atoms with E-state index in [4.69, 9.17) is 20.9 Å². The van der Waals surface area contributed by atoms with Crippen molar-refractivity contribution in [2.75, 3.05) is 24.7 Å². The highest BCUT2D eigenvalue weighted by molar-refractivity contribution is 5.73. The molecule has 0 aliphatic rings. The van der Waals surface area contributed by atoms with Crippen LogP contribution in [0.1, 0.15) is 25.3 Å². The Kier molecular flexibility index (Phi) is 6.12. The molecule has 0 saturated heterocycles. The van der Waals surface area contributed by atoms with Crippen LogP contribution in [0.2, 0.25) is 0 Å². The third-order valence-corrected chi connectivity index (χ3v) is 3.29. The smallest absolute Gasteiger partial charge is 0.305 e. The van der Waals surface area contributed by atoms with Crippen LogP contribution in [-0.4, -0.2) is 29.2 Å². The lowest BCUT2D eigenvalue weighted by atomic mass is 10.1. The van der Waals surface area contributed by atoms with Gasteiger partial charge in [-0.2, -0.15) is 10.2 Å². The number of ether oxygens (including phenoxy) is 2. The van der Waals surface area contributed by atoms with Gasteiger partial charge in [0.15, 0.2) is 0 Å². The van der Waals surface area contributed by atoms with Crippen molar-refractivity contribution < 1.29 is 14.3 Å². The van der Waals surface area contributed by atoms with E-state index in [-0.39, 0.29) is 23.3 Å². The molecule has 2 aromatic rings. The van der Waals surface area contributed by atoms with Crippen molar-refractivity contribution >= 4 is 17.7 Å². The normalized spacial score (nSPS) is 10.1. The highest BCUT2D eigenvalue weighted by Gasteiger charge is 2.13. The molecule has 0 radical (unpaired) electrons. The van der Waals surface area contributed by atoms with Crippen molar-refractivity contribution in [3.63, 3.8) is 0 Å². The summed E-state index contributed by atoms with van der Waals surface area (Å²) in [6.07, 6.45) is 0.884. The Morgan fingerprint density at radius 1 is 1.24 bits per heavy atom. The molecule has 0 atom stereocenters. The maximum absolute atomic E-state index is 11.2. The molecular formula is C17H19N5O3. The van der Waals surface area contributed by atoms with E-state index in [9.17, 15) is 10.1 Å². The Hall–Kier alpha value is -3.34. The minimum absolute atomic E-state index is 0.00536. The zero-order chi connectivity index (χ0) is 18.2. The maximum Gasteiger partial charge on any atom is 0.305 e. The van der Waals surface area contributed by atoms with Gasteiger partial charge in [0.25, 0.3) is 0 Å². The van der Waals surface area contributed by atoms with Gasteiger partial charge in [0.1, 0.15) is 23.2 Å². The number of carbonyl (C=O) groups is 1. The second-order valence-corrected chi connectivity index (χ2v) is 5.08. The average molecular weight is 341 g/mol. The maximum atomic E-state index is 11.2. The topological polar surface area (TPSA) is 137 Å². The van der Waals surface area contributed by atoms with E-state index >= 15 is 0 Å². The molecule has 0 fully saturated rings. The van der Waals surface area contributed by atoms with Gasteiger partial charge < -0.3 is 20.9 Å². The van der Waals surface area contributed by atoms with Gasteiger partial charge >= 0.3 is 5.97 Å². The average Bonchev–Trinajstić information content (AvgIpc) is 2.59. The van der Waals surface area contributed by atoms with Crippen LogP contribution in [0.5, 0.6) is 5.75 Å². The van der Waals surface area contributed by atoms with Gasteiger partial charge in [-0.25, -0.2) is 4.98 Å². The third kappa shape index (κ3) is 4.81. The molecule has 2 rings (SSSR count). The minimum Gasteiger partial charge on any atom is -0.494 e. The molecule has 8 heteroatoms. The molecule has 130 valence electrons. The van der Waals surface area contributed by atoms with Gasteiger partial charge in [0.2, 0.25) is 5.95 Å². The number of anilines is 2. The summed E-state index contributed by atoms with van der Waals surface area (Å²) < 4.78 is 10.4. The first-order valence-electron chi connectivity index (χ1n) is 7.77. The van der Waals surface area contributed by atoms with Crippen LogP contribution in [0.15, 0.2) is 24.3 Å². The number of nitriles is 1. The quantitative estimate of drug-likeness (QED) is 0.575. The number of nitrogen functional groups attached to an aromatic ring is 2. The Morgan fingerprint density at radius 3 is 2.60 bits per heavy atom. The lowest BCUT2D eigenvalue weighted by Crippen LogP contribution is -2.06. The van der Waals surface area contributed by atoms with E-state index in [1.807, 2.05) is 6.07 Å². The summed E-state index contributed by atoms with van der Waals surface area (Å²) in [6.45, 7) is 2.55. The molecular weight excluding hydrogens is 322 g/mol. The third-order valence-electron chi connectivity index (χ3n) is 3.29. The van der Waals surface area contributed by atoms with E-state index in [2.05, 4.69) is 9.97 Å². The molecule has 1 heterocycles. The minimum atomic E-state index is -0.232. The summed E-state index contributed by atoms with van der Waals surface area (Å²) in [7, 11) is 0. The molecule has 0 saturated carbocycles. The second-order valence-electron chi connectivity index (χ2n) is 5.08. The second kappa shape index (κ2) is 8.49. The molecule has 25 heavy (non-hydrogen) atoms. The van der Waals surface area contributed by atoms with Gasteiger partial charge in [-0.3, -0.25) is 4.79 Å². The lowest BCUT2D eigenvalue weighted by molar-refractivity contribution is -0.143. The van der Waals surface area contributed by atoms with E-state index in [0.717, 1.165) is 0 Å². The van der Waals surface area contributed by atoms with E-state index in [0.29, 0.717) is 43.1 Å². The SMILES string of the molecule is CCOC(=O)CCCOc1ccc(-c2nc(N)nc(N)c2C#N)cc1. The number of benzene rings is 1. The first-order valence-corrected chi connectivity index (χ1v) is 7.77. The van der Waals surface area contributed by atoms with E-state index in [1.165, 1.54) is 0 Å². The van der Waals surface area contributed by atoms with Gasteiger partial charge in [-0.1, -0.05) is 0 Å². The van der Waals surface area contributed by atoms with Crippen LogP contribution in [0.25, 0.3) is 11.3 Å². The summed E-state index contributed by atoms with van der Waals surface area (Å²) in [5.74, 6) is 0.459. The molecule has 1 aromatic heterocycles. The first-order chi connectivity index (χ1) is 12.0. The van der Waals surface area contributed by atoms with Gasteiger partial charge in [0.05, 0.1) is 18.9 Å². The first kappa shape index (κ1) is 18.0. The molecule has 0 amide bonds. The summed E-state index contributed by atoms with van der Waals surface area (Å²) in [5, 5.41) is 9.22. The van der Waals surface area contributed by atoms with Crippen molar-refractivity contribution in [1.29, 1.82) is 5.26 Å². The summed E-state index contributed by atoms with van der Waals surface area (Å²) >= 11 is 0. The predicted octanol–water partition coefficient (Wildman–Crippen LogP) is 1.90. The lowest BCUT2D eigenvalue weighted by Gasteiger charge is -2.09. The van der Waals surface area contributed by atoms with Crippen LogP contribution < -0.4 is 16.2 Å². The Morgan fingerprint density at radius 2 is 1.96 bits per heavy atom. The Labute approximate surface area is 145 Å². The number of hydrogen-bond donors (Lipinski definition) is 2. The number of nitrogens with zero attached hydrogens (tertiary/aromatic N) is 3. The van der Waals surface area contributed by atoms with Gasteiger partial charge in [0, 0.05) is 12.0 Å². The van der Waals surface area contributed by atoms with E-state index in [1.54, 1.807) is 31.2 Å². The number of hydrogen-bond acceptors (Lipinski definition) is 8. The van der Waals surface area contributed by atoms with Crippen LogP contribution in [0.3, 0.4) is 0 Å². The van der Waals surface area contributed by atoms with Gasteiger partial charge in [-0.05, 0) is 37.6 Å². The highest BCUT2D eigenvalue weighted by Crippen LogP contribution is 2.26. The fourth-order valence-electron chi connectivity index (χ4n) is 2.16. The van der Waals surface area contributed by atoms with Crippen molar-refractivity contribution in [1.82, 2.24) is 9.97 Å². The standard InChI is InChI=1S/C17H19N5O3/c1-2-24-14(23)4-3-9-25-12-7-5-11(6-8-12)15-13(10-18)16(19)22-17(20)21-15/h5-8H,2-4,9H2,1H3,(H4,19,20,21,22). The number of esters is 1. The zero-order valence-corrected chi connectivity index (χ0v) is 13.9. The number of rotatable bonds is 7. The summed E-state index contributed by atoms with van der Waals surface area (Å²) in [4.78, 5) is 19.1. The number of carbonyl (C=O) groups excluding carboxylic acids is 1. The highest BCUT2D eigenvalue weighted by atomic mass is 16.5. The monoisotopic (exact) mass is 341 g/mol. The Balaban J connectivity index is 2.01. The predicted molar refractivity (Wildman–Crippen MR) is 92.4 cm³/mol. The molecule has 0 aliphatic carbocycles. The molecule has 0 unspecified atom stereocenters. The fourth-order valence-corrected chi connectivity index (χ4v) is 2.16. The van der Waals surface area contributed by atoms with Crippen LogP contribution in [0.4, 0.5) is 11.8 Å². The molecule has 4 N–H and O–H groups in total. The van der Waals surface area contributed by atoms with Crippen molar-refractivity contribution in [2.24, 2.45) is 0 Å². The molecule has 0 aliphatic heterocycles. The molecule has 8 nitrogen and oxygen atoms in total. The van der Waals surface area contributed by atoms with Crippen molar-refractivity contribution in [3.8, 4) is 23.1 Å². The summed E-state index contributed by atoms with van der Waals surface area (Å²) in [6, 6.07) is 8.98.